The van der Waals surface area contributed by atoms with Gasteiger partial charge in [-0.05, 0) is 25.8 Å². The summed E-state index contributed by atoms with van der Waals surface area (Å²) in [4.78, 5) is 18.6. The van der Waals surface area contributed by atoms with E-state index < -0.39 is 5.97 Å². The molecule has 5 heteroatoms. The largest absolute Gasteiger partial charge is 0.481 e. The number of aryl methyl sites for hydroxylation is 2. The highest BCUT2D eigenvalue weighted by Gasteiger charge is 2.00. The predicted molar refractivity (Wildman–Crippen MR) is 56.9 cm³/mol. The lowest BCUT2D eigenvalue weighted by Crippen LogP contribution is -2.08. The molecule has 0 saturated carbocycles. The Morgan fingerprint density at radius 2 is 2.27 bits per heavy atom. The van der Waals surface area contributed by atoms with E-state index in [4.69, 9.17) is 5.11 Å². The summed E-state index contributed by atoms with van der Waals surface area (Å²) in [6, 6.07) is 0. The van der Waals surface area contributed by atoms with Crippen LogP contribution in [-0.2, 0) is 4.79 Å². The fourth-order valence-corrected chi connectivity index (χ4v) is 1.05. The SMILES string of the molecule is Cc1cnc(NCCCC(=O)O)nc1C. The number of carboxylic acids is 1. The van der Waals surface area contributed by atoms with E-state index in [-0.39, 0.29) is 6.42 Å². The molecule has 0 fully saturated rings. The Morgan fingerprint density at radius 1 is 1.53 bits per heavy atom. The van der Waals surface area contributed by atoms with Crippen molar-refractivity contribution in [2.75, 3.05) is 11.9 Å². The van der Waals surface area contributed by atoms with Crippen LogP contribution >= 0.6 is 0 Å². The van der Waals surface area contributed by atoms with Gasteiger partial charge in [-0.1, -0.05) is 0 Å². The van der Waals surface area contributed by atoms with E-state index in [2.05, 4.69) is 15.3 Å². The summed E-state index contributed by atoms with van der Waals surface area (Å²) in [5.74, 6) is -0.221. The number of hydrogen-bond donors (Lipinski definition) is 2. The third kappa shape index (κ3) is 3.93. The molecule has 0 aliphatic rings. The highest BCUT2D eigenvalue weighted by Crippen LogP contribution is 2.05. The Morgan fingerprint density at radius 3 is 2.87 bits per heavy atom. The molecular weight excluding hydrogens is 194 g/mol. The van der Waals surface area contributed by atoms with Gasteiger partial charge in [-0.15, -0.1) is 0 Å². The first-order valence-electron chi connectivity index (χ1n) is 4.85. The van der Waals surface area contributed by atoms with Crippen LogP contribution in [0.25, 0.3) is 0 Å². The molecule has 0 aromatic carbocycles. The summed E-state index contributed by atoms with van der Waals surface area (Å²) in [6.07, 6.45) is 2.49. The minimum absolute atomic E-state index is 0.165. The zero-order valence-electron chi connectivity index (χ0n) is 8.95. The minimum Gasteiger partial charge on any atom is -0.481 e. The van der Waals surface area contributed by atoms with Gasteiger partial charge in [0.05, 0.1) is 0 Å². The van der Waals surface area contributed by atoms with Gasteiger partial charge in [0, 0.05) is 24.9 Å². The molecule has 15 heavy (non-hydrogen) atoms. The van der Waals surface area contributed by atoms with Gasteiger partial charge >= 0.3 is 5.97 Å². The second kappa shape index (κ2) is 5.29. The Bertz CT molecular complexity index is 353. The van der Waals surface area contributed by atoms with Crippen LogP contribution in [-0.4, -0.2) is 27.6 Å². The van der Waals surface area contributed by atoms with Crippen LogP contribution in [0.2, 0.25) is 0 Å². The Kier molecular flexibility index (Phi) is 4.03. The molecule has 0 aliphatic carbocycles. The number of aromatic nitrogens is 2. The molecule has 1 heterocycles. The maximum absolute atomic E-state index is 10.3. The zero-order valence-corrected chi connectivity index (χ0v) is 8.95. The van der Waals surface area contributed by atoms with Crippen LogP contribution in [0.15, 0.2) is 6.20 Å². The molecule has 0 bridgehead atoms. The first-order chi connectivity index (χ1) is 7.09. The molecular formula is C10H15N3O2. The van der Waals surface area contributed by atoms with Gasteiger partial charge in [-0.3, -0.25) is 4.79 Å². The van der Waals surface area contributed by atoms with Gasteiger partial charge in [0.25, 0.3) is 0 Å². The van der Waals surface area contributed by atoms with Crippen molar-refractivity contribution in [3.63, 3.8) is 0 Å². The number of carboxylic acid groups (broad SMARTS) is 1. The molecule has 1 aromatic heterocycles. The van der Waals surface area contributed by atoms with Crippen molar-refractivity contribution in [3.8, 4) is 0 Å². The summed E-state index contributed by atoms with van der Waals surface area (Å²) in [5, 5.41) is 11.4. The van der Waals surface area contributed by atoms with Gasteiger partial charge in [0.2, 0.25) is 5.95 Å². The number of carbonyl (C=O) groups is 1. The third-order valence-corrected chi connectivity index (χ3v) is 2.08. The fourth-order valence-electron chi connectivity index (χ4n) is 1.05. The second-order valence-electron chi connectivity index (χ2n) is 3.39. The Labute approximate surface area is 88.6 Å². The van der Waals surface area contributed by atoms with E-state index >= 15 is 0 Å². The van der Waals surface area contributed by atoms with Crippen molar-refractivity contribution in [1.82, 2.24) is 9.97 Å². The van der Waals surface area contributed by atoms with Crippen molar-refractivity contribution < 1.29 is 9.90 Å². The van der Waals surface area contributed by atoms with E-state index in [1.807, 2.05) is 13.8 Å². The number of nitrogens with zero attached hydrogens (tertiary/aromatic N) is 2. The molecule has 0 radical (unpaired) electrons. The van der Waals surface area contributed by atoms with Crippen LogP contribution in [0, 0.1) is 13.8 Å². The van der Waals surface area contributed by atoms with E-state index in [1.165, 1.54) is 0 Å². The first kappa shape index (κ1) is 11.4. The van der Waals surface area contributed by atoms with Crippen molar-refractivity contribution in [1.29, 1.82) is 0 Å². The van der Waals surface area contributed by atoms with Crippen LogP contribution in [0.3, 0.4) is 0 Å². The molecule has 1 aromatic rings. The van der Waals surface area contributed by atoms with Gasteiger partial charge < -0.3 is 10.4 Å². The summed E-state index contributed by atoms with van der Waals surface area (Å²) in [7, 11) is 0. The summed E-state index contributed by atoms with van der Waals surface area (Å²) in [5.41, 5.74) is 1.98. The maximum Gasteiger partial charge on any atom is 0.303 e. The topological polar surface area (TPSA) is 75.1 Å². The molecule has 0 saturated heterocycles. The molecule has 1 rings (SSSR count). The lowest BCUT2D eigenvalue weighted by atomic mass is 10.3. The second-order valence-corrected chi connectivity index (χ2v) is 3.39. The van der Waals surface area contributed by atoms with Gasteiger partial charge in [-0.25, -0.2) is 9.97 Å². The Hall–Kier alpha value is -1.65. The van der Waals surface area contributed by atoms with Crippen LogP contribution < -0.4 is 5.32 Å². The molecule has 0 unspecified atom stereocenters. The number of nitrogens with one attached hydrogen (secondary N) is 1. The Balaban J connectivity index is 2.38. The van der Waals surface area contributed by atoms with E-state index in [0.29, 0.717) is 18.9 Å². The monoisotopic (exact) mass is 209 g/mol. The fraction of sp³-hybridized carbons (Fsp3) is 0.500. The molecule has 2 N–H and O–H groups in total. The average molecular weight is 209 g/mol. The van der Waals surface area contributed by atoms with E-state index in [1.54, 1.807) is 6.20 Å². The smallest absolute Gasteiger partial charge is 0.303 e. The average Bonchev–Trinajstić information content (AvgIpc) is 2.18. The van der Waals surface area contributed by atoms with Crippen molar-refractivity contribution in [2.45, 2.75) is 26.7 Å². The molecule has 0 atom stereocenters. The van der Waals surface area contributed by atoms with Crippen LogP contribution in [0.1, 0.15) is 24.1 Å². The van der Waals surface area contributed by atoms with Gasteiger partial charge in [0.15, 0.2) is 0 Å². The normalized spacial score (nSPS) is 10.0. The quantitative estimate of drug-likeness (QED) is 0.716. The van der Waals surface area contributed by atoms with E-state index in [9.17, 15) is 4.79 Å². The van der Waals surface area contributed by atoms with Crippen LogP contribution in [0.4, 0.5) is 5.95 Å². The highest BCUT2D eigenvalue weighted by atomic mass is 16.4. The molecule has 0 aliphatic heterocycles. The molecule has 0 amide bonds. The third-order valence-electron chi connectivity index (χ3n) is 2.08. The van der Waals surface area contributed by atoms with Crippen molar-refractivity contribution in [2.24, 2.45) is 0 Å². The number of hydrogen-bond acceptors (Lipinski definition) is 4. The van der Waals surface area contributed by atoms with Gasteiger partial charge in [-0.2, -0.15) is 0 Å². The lowest BCUT2D eigenvalue weighted by molar-refractivity contribution is -0.137. The lowest BCUT2D eigenvalue weighted by Gasteiger charge is -2.05. The van der Waals surface area contributed by atoms with Gasteiger partial charge in [0.1, 0.15) is 0 Å². The van der Waals surface area contributed by atoms with Crippen molar-refractivity contribution >= 4 is 11.9 Å². The summed E-state index contributed by atoms with van der Waals surface area (Å²) >= 11 is 0. The zero-order chi connectivity index (χ0) is 11.3. The highest BCUT2D eigenvalue weighted by molar-refractivity contribution is 5.66. The number of anilines is 1. The standard InChI is InChI=1S/C10H15N3O2/c1-7-6-12-10(13-8(7)2)11-5-3-4-9(14)15/h6H,3-5H2,1-2H3,(H,14,15)(H,11,12,13). The maximum atomic E-state index is 10.3. The summed E-state index contributed by atoms with van der Waals surface area (Å²) in [6.45, 7) is 4.44. The minimum atomic E-state index is -0.780. The molecule has 5 nitrogen and oxygen atoms in total. The molecule has 82 valence electrons. The van der Waals surface area contributed by atoms with Crippen molar-refractivity contribution in [3.05, 3.63) is 17.5 Å². The number of rotatable bonds is 5. The summed E-state index contributed by atoms with van der Waals surface area (Å²) < 4.78 is 0. The predicted octanol–water partition coefficient (Wildman–Crippen LogP) is 1.37. The van der Waals surface area contributed by atoms with Crippen LogP contribution in [0.5, 0.6) is 0 Å². The molecule has 0 spiro atoms. The number of aliphatic carboxylic acids is 1. The van der Waals surface area contributed by atoms with E-state index in [0.717, 1.165) is 11.3 Å². The first-order valence-corrected chi connectivity index (χ1v) is 4.85.